The van der Waals surface area contributed by atoms with Gasteiger partial charge in [-0.15, -0.1) is 0 Å². The van der Waals surface area contributed by atoms with Gasteiger partial charge in [-0.1, -0.05) is 0 Å². The fourth-order valence-electron chi connectivity index (χ4n) is 2.78. The van der Waals surface area contributed by atoms with E-state index >= 15 is 0 Å². The third-order valence-corrected chi connectivity index (χ3v) is 3.95. The molecule has 1 aliphatic heterocycles. The molecule has 2 amide bonds. The van der Waals surface area contributed by atoms with Gasteiger partial charge in [-0.05, 0) is 26.7 Å². The maximum atomic E-state index is 12.7. The van der Waals surface area contributed by atoms with Crippen LogP contribution in [0.5, 0.6) is 0 Å². The van der Waals surface area contributed by atoms with Crippen LogP contribution in [-0.2, 0) is 9.53 Å². The zero-order valence-electron chi connectivity index (χ0n) is 12.7. The lowest BCUT2D eigenvalue weighted by molar-refractivity contribution is -0.130. The topological polar surface area (TPSA) is 90.4 Å². The van der Waals surface area contributed by atoms with Crippen LogP contribution in [0.15, 0.2) is 12.4 Å². The van der Waals surface area contributed by atoms with E-state index in [0.717, 1.165) is 6.42 Å². The molecule has 1 unspecified atom stereocenters. The maximum Gasteiger partial charge on any atom is 0.258 e. The molecule has 7 nitrogen and oxygen atoms in total. The number of rotatable bonds is 5. The Morgan fingerprint density at radius 3 is 2.76 bits per heavy atom. The first-order valence-electron chi connectivity index (χ1n) is 7.07. The van der Waals surface area contributed by atoms with E-state index in [9.17, 15) is 9.59 Å². The second kappa shape index (κ2) is 5.85. The van der Waals surface area contributed by atoms with E-state index < -0.39 is 11.4 Å². The Morgan fingerprint density at radius 2 is 2.24 bits per heavy atom. The number of hydrogen-bond acceptors (Lipinski definition) is 4. The second-order valence-corrected chi connectivity index (χ2v) is 5.69. The Hall–Kier alpha value is -1.89. The van der Waals surface area contributed by atoms with Crippen molar-refractivity contribution in [2.75, 3.05) is 20.3 Å². The highest BCUT2D eigenvalue weighted by atomic mass is 16.5. The average Bonchev–Trinajstić information content (AvgIpc) is 3.05. The lowest BCUT2D eigenvalue weighted by Gasteiger charge is -2.34. The summed E-state index contributed by atoms with van der Waals surface area (Å²) in [6.45, 7) is 4.58. The van der Waals surface area contributed by atoms with Gasteiger partial charge in [0, 0.05) is 25.9 Å². The highest BCUT2D eigenvalue weighted by Gasteiger charge is 2.49. The fraction of sp³-hybridized carbons (Fsp3) is 0.643. The van der Waals surface area contributed by atoms with Crippen molar-refractivity contribution < 1.29 is 14.3 Å². The fourth-order valence-corrected chi connectivity index (χ4v) is 2.78. The first kappa shape index (κ1) is 15.5. The summed E-state index contributed by atoms with van der Waals surface area (Å²) in [5.41, 5.74) is 4.96. The van der Waals surface area contributed by atoms with E-state index in [1.807, 2.05) is 13.8 Å². The number of carbonyl (C=O) groups excluding carboxylic acids is 2. The average molecular weight is 294 g/mol. The first-order chi connectivity index (χ1) is 9.92. The summed E-state index contributed by atoms with van der Waals surface area (Å²) in [7, 11) is 1.50. The van der Waals surface area contributed by atoms with Gasteiger partial charge in [0.2, 0.25) is 5.91 Å². The number of ether oxygens (including phenoxy) is 1. The smallest absolute Gasteiger partial charge is 0.258 e. The zero-order valence-corrected chi connectivity index (χ0v) is 12.7. The number of aromatic nitrogens is 2. The molecule has 2 rings (SSSR count). The lowest BCUT2D eigenvalue weighted by Crippen LogP contribution is -2.58. The van der Waals surface area contributed by atoms with Gasteiger partial charge in [-0.2, -0.15) is 5.10 Å². The van der Waals surface area contributed by atoms with Crippen molar-refractivity contribution in [2.24, 2.45) is 5.73 Å². The standard InChI is InChI=1S/C14H22N4O3/c1-10(2)18-8-11(7-16-18)12(19)17-6-4-5-14(17,9-21-3)13(15)20/h7-8,10H,4-6,9H2,1-3H3,(H2,15,20). The molecule has 1 atom stereocenters. The highest BCUT2D eigenvalue weighted by molar-refractivity contribution is 5.99. The number of methoxy groups -OCH3 is 1. The van der Waals surface area contributed by atoms with Crippen LogP contribution < -0.4 is 5.73 Å². The van der Waals surface area contributed by atoms with Gasteiger partial charge in [-0.3, -0.25) is 14.3 Å². The van der Waals surface area contributed by atoms with Crippen LogP contribution in [0.2, 0.25) is 0 Å². The molecule has 0 aromatic carbocycles. The number of nitrogens with zero attached hydrogens (tertiary/aromatic N) is 3. The summed E-state index contributed by atoms with van der Waals surface area (Å²) in [5.74, 6) is -0.748. The van der Waals surface area contributed by atoms with Crippen LogP contribution in [0.3, 0.4) is 0 Å². The first-order valence-corrected chi connectivity index (χ1v) is 7.07. The molecule has 7 heteroatoms. The van der Waals surface area contributed by atoms with E-state index in [2.05, 4.69) is 5.10 Å². The summed E-state index contributed by atoms with van der Waals surface area (Å²) in [6.07, 6.45) is 4.49. The molecule has 0 radical (unpaired) electrons. The molecule has 1 aliphatic rings. The number of hydrogen-bond donors (Lipinski definition) is 1. The van der Waals surface area contributed by atoms with Crippen LogP contribution in [0.4, 0.5) is 0 Å². The molecule has 2 heterocycles. The molecule has 1 fully saturated rings. The van der Waals surface area contributed by atoms with Crippen molar-refractivity contribution in [1.29, 1.82) is 0 Å². The minimum atomic E-state index is -1.05. The number of primary amides is 1. The molecular formula is C14H22N4O3. The molecule has 21 heavy (non-hydrogen) atoms. The monoisotopic (exact) mass is 294 g/mol. The molecule has 116 valence electrons. The quantitative estimate of drug-likeness (QED) is 0.859. The number of amides is 2. The van der Waals surface area contributed by atoms with Crippen molar-refractivity contribution in [3.8, 4) is 0 Å². The zero-order chi connectivity index (χ0) is 15.6. The molecule has 2 N–H and O–H groups in total. The largest absolute Gasteiger partial charge is 0.382 e. The molecule has 1 saturated heterocycles. The van der Waals surface area contributed by atoms with Crippen molar-refractivity contribution in [1.82, 2.24) is 14.7 Å². The van der Waals surface area contributed by atoms with Gasteiger partial charge in [0.25, 0.3) is 5.91 Å². The lowest BCUT2D eigenvalue weighted by atomic mass is 9.96. The predicted molar refractivity (Wildman–Crippen MR) is 76.7 cm³/mol. The minimum Gasteiger partial charge on any atom is -0.382 e. The summed E-state index contributed by atoms with van der Waals surface area (Å²) >= 11 is 0. The molecule has 0 bridgehead atoms. The van der Waals surface area contributed by atoms with Crippen LogP contribution in [0.1, 0.15) is 43.1 Å². The summed E-state index contributed by atoms with van der Waals surface area (Å²) in [4.78, 5) is 26.1. The van der Waals surface area contributed by atoms with Crippen molar-refractivity contribution in [2.45, 2.75) is 38.3 Å². The molecule has 0 aliphatic carbocycles. The molecule has 1 aromatic heterocycles. The van der Waals surface area contributed by atoms with E-state index in [4.69, 9.17) is 10.5 Å². The highest BCUT2D eigenvalue weighted by Crippen LogP contribution is 2.31. The van der Waals surface area contributed by atoms with Crippen molar-refractivity contribution in [3.63, 3.8) is 0 Å². The van der Waals surface area contributed by atoms with E-state index in [-0.39, 0.29) is 18.6 Å². The summed E-state index contributed by atoms with van der Waals surface area (Å²) in [6, 6.07) is 0.171. The van der Waals surface area contributed by atoms with E-state index in [1.54, 1.807) is 10.9 Å². The van der Waals surface area contributed by atoms with Gasteiger partial charge >= 0.3 is 0 Å². The third-order valence-electron chi connectivity index (χ3n) is 3.95. The summed E-state index contributed by atoms with van der Waals surface area (Å²) in [5, 5.41) is 4.17. The van der Waals surface area contributed by atoms with Gasteiger partial charge in [0.15, 0.2) is 0 Å². The predicted octanol–water partition coefficient (Wildman–Crippen LogP) is 0.571. The van der Waals surface area contributed by atoms with Crippen molar-refractivity contribution >= 4 is 11.8 Å². The number of likely N-dealkylation sites (tertiary alicyclic amines) is 1. The Labute approximate surface area is 124 Å². The van der Waals surface area contributed by atoms with Gasteiger partial charge < -0.3 is 15.4 Å². The minimum absolute atomic E-state index is 0.117. The molecule has 1 aromatic rings. The van der Waals surface area contributed by atoms with Crippen LogP contribution >= 0.6 is 0 Å². The van der Waals surface area contributed by atoms with Gasteiger partial charge in [0.05, 0.1) is 18.4 Å². The molecule has 0 saturated carbocycles. The van der Waals surface area contributed by atoms with Crippen LogP contribution in [-0.4, -0.2) is 52.3 Å². The Balaban J connectivity index is 2.29. The normalized spacial score (nSPS) is 22.0. The van der Waals surface area contributed by atoms with E-state index in [1.165, 1.54) is 18.2 Å². The number of carbonyl (C=O) groups is 2. The SMILES string of the molecule is COCC1(C(N)=O)CCCN1C(=O)c1cnn(C(C)C)c1. The summed E-state index contributed by atoms with van der Waals surface area (Å²) < 4.78 is 6.85. The van der Waals surface area contributed by atoms with Crippen molar-refractivity contribution in [3.05, 3.63) is 18.0 Å². The van der Waals surface area contributed by atoms with Gasteiger partial charge in [-0.25, -0.2) is 0 Å². The Bertz CT molecular complexity index is 540. The van der Waals surface area contributed by atoms with Crippen LogP contribution in [0, 0.1) is 0 Å². The Kier molecular flexibility index (Phi) is 4.32. The van der Waals surface area contributed by atoms with E-state index in [0.29, 0.717) is 18.5 Å². The van der Waals surface area contributed by atoms with Gasteiger partial charge in [0.1, 0.15) is 5.54 Å². The van der Waals surface area contributed by atoms with Crippen LogP contribution in [0.25, 0.3) is 0 Å². The maximum absolute atomic E-state index is 12.7. The molecule has 0 spiro atoms. The third kappa shape index (κ3) is 2.65. The second-order valence-electron chi connectivity index (χ2n) is 5.69. The number of nitrogens with two attached hydrogens (primary N) is 1. The Morgan fingerprint density at radius 1 is 1.52 bits per heavy atom. The molecular weight excluding hydrogens is 272 g/mol.